The van der Waals surface area contributed by atoms with E-state index in [9.17, 15) is 14.4 Å². The lowest BCUT2D eigenvalue weighted by molar-refractivity contribution is -0.145. The fourth-order valence-electron chi connectivity index (χ4n) is 1.30. The number of rotatable bonds is 5. The van der Waals surface area contributed by atoms with Gasteiger partial charge in [0.05, 0.1) is 6.42 Å². The maximum absolute atomic E-state index is 11.8. The number of benzene rings is 1. The van der Waals surface area contributed by atoms with Crippen LogP contribution in [0.2, 0.25) is 5.02 Å². The number of amides is 1. The molecule has 8 heteroatoms. The van der Waals surface area contributed by atoms with Crippen LogP contribution in [0.4, 0.5) is 0 Å². The first kappa shape index (κ1) is 15.5. The fraction of sp³-hybridized carbons (Fsp3) is 0.182. The first-order valence-corrected chi connectivity index (χ1v) is 6.18. The van der Waals surface area contributed by atoms with E-state index in [2.05, 4.69) is 21.2 Å². The number of carbonyl (C=O) groups excluding carboxylic acids is 1. The van der Waals surface area contributed by atoms with Crippen LogP contribution >= 0.6 is 27.5 Å². The molecule has 0 bridgehead atoms. The zero-order chi connectivity index (χ0) is 14.6. The van der Waals surface area contributed by atoms with Gasteiger partial charge in [-0.25, -0.2) is 4.79 Å². The Kier molecular flexibility index (Phi) is 5.31. The van der Waals surface area contributed by atoms with E-state index in [4.69, 9.17) is 21.8 Å². The Labute approximate surface area is 121 Å². The Morgan fingerprint density at radius 2 is 1.89 bits per heavy atom. The van der Waals surface area contributed by atoms with Crippen molar-refractivity contribution in [2.75, 3.05) is 0 Å². The molecule has 0 saturated carbocycles. The quantitative estimate of drug-likeness (QED) is 0.751. The molecular weight excluding hydrogens is 341 g/mol. The minimum Gasteiger partial charge on any atom is -0.481 e. The van der Waals surface area contributed by atoms with Gasteiger partial charge < -0.3 is 15.5 Å². The molecule has 0 saturated heterocycles. The Balaban J connectivity index is 2.87. The average molecular weight is 351 g/mol. The molecule has 0 aromatic heterocycles. The smallest absolute Gasteiger partial charge is 0.326 e. The van der Waals surface area contributed by atoms with Crippen LogP contribution < -0.4 is 5.32 Å². The van der Waals surface area contributed by atoms with Crippen LogP contribution in [0, 0.1) is 0 Å². The zero-order valence-electron chi connectivity index (χ0n) is 9.39. The highest BCUT2D eigenvalue weighted by atomic mass is 79.9. The molecule has 1 aromatic carbocycles. The van der Waals surface area contributed by atoms with Crippen molar-refractivity contribution >= 4 is 45.4 Å². The lowest BCUT2D eigenvalue weighted by Crippen LogP contribution is -2.42. The van der Waals surface area contributed by atoms with Crippen molar-refractivity contribution in [1.29, 1.82) is 0 Å². The maximum Gasteiger partial charge on any atom is 0.326 e. The largest absolute Gasteiger partial charge is 0.481 e. The van der Waals surface area contributed by atoms with Crippen molar-refractivity contribution in [3.05, 3.63) is 33.3 Å². The van der Waals surface area contributed by atoms with Crippen molar-refractivity contribution in [3.8, 4) is 0 Å². The molecule has 6 nitrogen and oxygen atoms in total. The standard InChI is InChI=1S/C11H9BrClNO5/c12-6-1-5(2-7(13)3-6)10(17)14-8(11(18)19)4-9(15)16/h1-3,8H,4H2,(H,14,17)(H,15,16)(H,18,19)/t8-/m0/s1. The number of nitrogens with one attached hydrogen (secondary N) is 1. The summed E-state index contributed by atoms with van der Waals surface area (Å²) in [5.74, 6) is -3.45. The molecule has 0 spiro atoms. The van der Waals surface area contributed by atoms with Crippen LogP contribution in [-0.4, -0.2) is 34.1 Å². The molecule has 0 aliphatic carbocycles. The number of carboxylic acid groups (broad SMARTS) is 2. The molecule has 1 atom stereocenters. The molecule has 1 amide bonds. The highest BCUT2D eigenvalue weighted by Gasteiger charge is 2.23. The molecule has 102 valence electrons. The third-order valence-electron chi connectivity index (χ3n) is 2.11. The Hall–Kier alpha value is -1.60. The van der Waals surface area contributed by atoms with Gasteiger partial charge in [-0.2, -0.15) is 0 Å². The summed E-state index contributed by atoms with van der Waals surface area (Å²) >= 11 is 8.90. The second-order valence-electron chi connectivity index (χ2n) is 3.62. The van der Waals surface area contributed by atoms with E-state index >= 15 is 0 Å². The molecule has 3 N–H and O–H groups in total. The van der Waals surface area contributed by atoms with Crippen molar-refractivity contribution in [1.82, 2.24) is 5.32 Å². The van der Waals surface area contributed by atoms with E-state index in [1.807, 2.05) is 0 Å². The predicted molar refractivity (Wildman–Crippen MR) is 70.3 cm³/mol. The minimum atomic E-state index is -1.50. The number of aliphatic carboxylic acids is 2. The lowest BCUT2D eigenvalue weighted by atomic mass is 10.1. The molecule has 0 fully saturated rings. The van der Waals surface area contributed by atoms with E-state index in [-0.39, 0.29) is 5.56 Å². The summed E-state index contributed by atoms with van der Waals surface area (Å²) in [4.78, 5) is 33.1. The van der Waals surface area contributed by atoms with Crippen LogP contribution in [0.25, 0.3) is 0 Å². The van der Waals surface area contributed by atoms with Crippen molar-refractivity contribution in [2.45, 2.75) is 12.5 Å². The highest BCUT2D eigenvalue weighted by molar-refractivity contribution is 9.10. The topological polar surface area (TPSA) is 104 Å². The normalized spacial score (nSPS) is 11.7. The Bertz CT molecular complexity index is 514. The lowest BCUT2D eigenvalue weighted by Gasteiger charge is -2.12. The summed E-state index contributed by atoms with van der Waals surface area (Å²) in [6.45, 7) is 0. The Morgan fingerprint density at radius 3 is 2.37 bits per heavy atom. The van der Waals surface area contributed by atoms with Crippen LogP contribution in [-0.2, 0) is 9.59 Å². The van der Waals surface area contributed by atoms with Gasteiger partial charge in [-0.05, 0) is 18.2 Å². The van der Waals surface area contributed by atoms with Gasteiger partial charge in [0, 0.05) is 15.1 Å². The summed E-state index contributed by atoms with van der Waals surface area (Å²) in [5.41, 5.74) is 0.135. The second-order valence-corrected chi connectivity index (χ2v) is 4.97. The summed E-state index contributed by atoms with van der Waals surface area (Å²) in [6, 6.07) is 2.86. The first-order valence-electron chi connectivity index (χ1n) is 5.01. The molecule has 0 aliphatic heterocycles. The zero-order valence-corrected chi connectivity index (χ0v) is 11.7. The van der Waals surface area contributed by atoms with Crippen molar-refractivity contribution < 1.29 is 24.6 Å². The number of hydrogen-bond acceptors (Lipinski definition) is 3. The molecule has 1 aromatic rings. The summed E-state index contributed by atoms with van der Waals surface area (Å²) in [6.07, 6.45) is -0.706. The van der Waals surface area contributed by atoms with Crippen molar-refractivity contribution in [3.63, 3.8) is 0 Å². The third-order valence-corrected chi connectivity index (χ3v) is 2.78. The maximum atomic E-state index is 11.8. The molecule has 19 heavy (non-hydrogen) atoms. The van der Waals surface area contributed by atoms with Gasteiger partial charge in [-0.1, -0.05) is 27.5 Å². The van der Waals surface area contributed by atoms with E-state index in [0.29, 0.717) is 9.50 Å². The van der Waals surface area contributed by atoms with E-state index in [1.165, 1.54) is 12.1 Å². The molecule has 1 rings (SSSR count). The van der Waals surface area contributed by atoms with Crippen LogP contribution in [0.15, 0.2) is 22.7 Å². The summed E-state index contributed by atoms with van der Waals surface area (Å²) < 4.78 is 0.551. The highest BCUT2D eigenvalue weighted by Crippen LogP contribution is 2.19. The SMILES string of the molecule is O=C(O)C[C@H](NC(=O)c1cc(Cl)cc(Br)c1)C(=O)O. The van der Waals surface area contributed by atoms with Gasteiger partial charge in [0.25, 0.3) is 5.91 Å². The Morgan fingerprint density at radius 1 is 1.26 bits per heavy atom. The first-order chi connectivity index (χ1) is 8.79. The van der Waals surface area contributed by atoms with Crippen LogP contribution in [0.5, 0.6) is 0 Å². The molecule has 0 aliphatic rings. The average Bonchev–Trinajstić information content (AvgIpc) is 2.25. The fourth-order valence-corrected chi connectivity index (χ4v) is 2.16. The number of carboxylic acids is 2. The van der Waals surface area contributed by atoms with Crippen LogP contribution in [0.3, 0.4) is 0 Å². The van der Waals surface area contributed by atoms with E-state index in [1.54, 1.807) is 6.07 Å². The van der Waals surface area contributed by atoms with Crippen LogP contribution in [0.1, 0.15) is 16.8 Å². The minimum absolute atomic E-state index is 0.135. The molecule has 0 radical (unpaired) electrons. The van der Waals surface area contributed by atoms with E-state index in [0.717, 1.165) is 0 Å². The predicted octanol–water partition coefficient (Wildman–Crippen LogP) is 1.76. The number of halogens is 2. The van der Waals surface area contributed by atoms with Gasteiger partial charge in [-0.15, -0.1) is 0 Å². The molecular formula is C11H9BrClNO5. The van der Waals surface area contributed by atoms with Gasteiger partial charge >= 0.3 is 11.9 Å². The van der Waals surface area contributed by atoms with E-state index < -0.39 is 30.3 Å². The number of hydrogen-bond donors (Lipinski definition) is 3. The van der Waals surface area contributed by atoms with Crippen molar-refractivity contribution in [2.24, 2.45) is 0 Å². The summed E-state index contributed by atoms with van der Waals surface area (Å²) in [7, 11) is 0. The third kappa shape index (κ3) is 4.88. The van der Waals surface area contributed by atoms with Gasteiger partial charge in [0.1, 0.15) is 6.04 Å². The van der Waals surface area contributed by atoms with Gasteiger partial charge in [0.2, 0.25) is 0 Å². The van der Waals surface area contributed by atoms with Gasteiger partial charge in [0.15, 0.2) is 0 Å². The second kappa shape index (κ2) is 6.53. The molecule has 0 unspecified atom stereocenters. The molecule has 0 heterocycles. The van der Waals surface area contributed by atoms with Gasteiger partial charge in [-0.3, -0.25) is 9.59 Å². The summed E-state index contributed by atoms with van der Waals surface area (Å²) in [5, 5.41) is 19.8. The number of carbonyl (C=O) groups is 3. The monoisotopic (exact) mass is 349 g/mol.